The van der Waals surface area contributed by atoms with E-state index < -0.39 is 18.8 Å². The Hall–Kier alpha value is -3.01. The van der Waals surface area contributed by atoms with Crippen molar-refractivity contribution in [3.05, 3.63) is 54.0 Å². The first-order chi connectivity index (χ1) is 13.8. The van der Waals surface area contributed by atoms with Crippen LogP contribution < -0.4 is 16.0 Å². The van der Waals surface area contributed by atoms with Crippen LogP contribution in [0.15, 0.2) is 47.1 Å². The maximum atomic E-state index is 12.4. The van der Waals surface area contributed by atoms with Crippen molar-refractivity contribution in [1.82, 2.24) is 15.5 Å². The fourth-order valence-corrected chi connectivity index (χ4v) is 3.13. The molecule has 1 unspecified atom stereocenters. The van der Waals surface area contributed by atoms with Gasteiger partial charge in [0.25, 0.3) is 5.91 Å². The van der Waals surface area contributed by atoms with Crippen molar-refractivity contribution in [2.75, 3.05) is 25.0 Å². The molecule has 2 aromatic rings. The Balaban J connectivity index is 1.44. The fraction of sp³-hybridized carbons (Fsp3) is 0.368. The highest BCUT2D eigenvalue weighted by atomic mass is 19.4. The minimum absolute atomic E-state index is 0.168. The molecular formula is C19H21F3N4O3. The highest BCUT2D eigenvalue weighted by molar-refractivity contribution is 6.02. The van der Waals surface area contributed by atoms with Crippen molar-refractivity contribution in [3.8, 4) is 0 Å². The third-order valence-corrected chi connectivity index (χ3v) is 4.39. The number of alkyl halides is 3. The lowest BCUT2D eigenvalue weighted by molar-refractivity contribution is -0.143. The molecule has 1 fully saturated rings. The van der Waals surface area contributed by atoms with Crippen LogP contribution in [0, 0.1) is 0 Å². The average molecular weight is 410 g/mol. The minimum Gasteiger partial charge on any atom is -0.459 e. The van der Waals surface area contributed by atoms with Gasteiger partial charge in [0.2, 0.25) is 0 Å². The summed E-state index contributed by atoms with van der Waals surface area (Å²) in [4.78, 5) is 25.3. The summed E-state index contributed by atoms with van der Waals surface area (Å²) in [5, 5.41) is 8.06. The number of likely N-dealkylation sites (tertiary alicyclic amines) is 1. The second-order valence-corrected chi connectivity index (χ2v) is 6.79. The van der Waals surface area contributed by atoms with E-state index in [1.54, 1.807) is 36.4 Å². The van der Waals surface area contributed by atoms with E-state index in [4.69, 9.17) is 4.42 Å². The first-order valence-corrected chi connectivity index (χ1v) is 9.06. The number of nitrogens with one attached hydrogen (secondary N) is 3. The van der Waals surface area contributed by atoms with E-state index in [2.05, 4.69) is 16.0 Å². The number of nitrogens with zero attached hydrogens (tertiary/aromatic N) is 1. The van der Waals surface area contributed by atoms with Crippen molar-refractivity contribution >= 4 is 17.6 Å². The number of hydrogen-bond donors (Lipinski definition) is 3. The molecule has 10 heteroatoms. The Morgan fingerprint density at radius 2 is 2.03 bits per heavy atom. The molecule has 156 valence electrons. The number of hydrogen-bond acceptors (Lipinski definition) is 4. The van der Waals surface area contributed by atoms with Gasteiger partial charge in [-0.1, -0.05) is 12.1 Å². The molecule has 3 rings (SSSR count). The maximum Gasteiger partial charge on any atom is 0.401 e. The number of amides is 3. The molecule has 1 saturated heterocycles. The van der Waals surface area contributed by atoms with Gasteiger partial charge < -0.3 is 20.4 Å². The predicted octanol–water partition coefficient (Wildman–Crippen LogP) is 2.97. The number of carbonyl (C=O) groups is 2. The lowest BCUT2D eigenvalue weighted by atomic mass is 10.2. The van der Waals surface area contributed by atoms with Crippen molar-refractivity contribution in [3.63, 3.8) is 0 Å². The number of halogens is 3. The van der Waals surface area contributed by atoms with E-state index in [1.807, 2.05) is 0 Å². The molecule has 1 aliphatic rings. The van der Waals surface area contributed by atoms with Crippen molar-refractivity contribution in [2.45, 2.75) is 25.2 Å². The molecule has 3 N–H and O–H groups in total. The van der Waals surface area contributed by atoms with Crippen molar-refractivity contribution in [2.24, 2.45) is 0 Å². The molecule has 7 nitrogen and oxygen atoms in total. The normalized spacial score (nSPS) is 17.1. The molecule has 1 aliphatic heterocycles. The van der Waals surface area contributed by atoms with Gasteiger partial charge in [0.05, 0.1) is 12.8 Å². The van der Waals surface area contributed by atoms with E-state index in [-0.39, 0.29) is 30.8 Å². The van der Waals surface area contributed by atoms with Gasteiger partial charge >= 0.3 is 12.2 Å². The smallest absolute Gasteiger partial charge is 0.401 e. The maximum absolute atomic E-state index is 12.4. The Morgan fingerprint density at radius 3 is 2.76 bits per heavy atom. The fourth-order valence-electron chi connectivity index (χ4n) is 3.13. The highest BCUT2D eigenvalue weighted by Crippen LogP contribution is 2.20. The number of benzene rings is 1. The number of urea groups is 1. The Kier molecular flexibility index (Phi) is 6.42. The Labute approximate surface area is 165 Å². The van der Waals surface area contributed by atoms with Gasteiger partial charge in [0.15, 0.2) is 5.76 Å². The molecule has 1 aromatic heterocycles. The molecule has 1 atom stereocenters. The summed E-state index contributed by atoms with van der Waals surface area (Å²) >= 11 is 0. The van der Waals surface area contributed by atoms with Gasteiger partial charge in [0.1, 0.15) is 0 Å². The van der Waals surface area contributed by atoms with Crippen LogP contribution in [0.1, 0.15) is 22.5 Å². The highest BCUT2D eigenvalue weighted by Gasteiger charge is 2.34. The third-order valence-electron chi connectivity index (χ3n) is 4.39. The van der Waals surface area contributed by atoms with E-state index in [9.17, 15) is 22.8 Å². The van der Waals surface area contributed by atoms with Crippen LogP contribution in [-0.2, 0) is 6.54 Å². The molecule has 3 amide bonds. The standard InChI is InChI=1S/C19H21F3N4O3/c20-19(21,22)12-26-7-6-15(11-26)25-18(28)23-10-13-3-1-4-14(9-13)24-17(27)16-5-2-8-29-16/h1-5,8-9,15H,6-7,10-12H2,(H,24,27)(H2,23,25,28). The summed E-state index contributed by atoms with van der Waals surface area (Å²) in [6.07, 6.45) is -2.37. The zero-order valence-corrected chi connectivity index (χ0v) is 15.5. The lowest BCUT2D eigenvalue weighted by Gasteiger charge is -2.18. The zero-order valence-electron chi connectivity index (χ0n) is 15.5. The zero-order chi connectivity index (χ0) is 20.9. The van der Waals surface area contributed by atoms with E-state index in [0.717, 1.165) is 5.56 Å². The molecule has 1 aromatic carbocycles. The van der Waals surface area contributed by atoms with E-state index >= 15 is 0 Å². The second kappa shape index (κ2) is 8.99. The number of carbonyl (C=O) groups excluding carboxylic acids is 2. The Bertz CT molecular complexity index is 839. The van der Waals surface area contributed by atoms with Gasteiger partial charge in [-0.05, 0) is 36.2 Å². The number of anilines is 1. The molecule has 0 aliphatic carbocycles. The predicted molar refractivity (Wildman–Crippen MR) is 99.4 cm³/mol. The second-order valence-electron chi connectivity index (χ2n) is 6.79. The van der Waals surface area contributed by atoms with Crippen LogP contribution in [0.2, 0.25) is 0 Å². The van der Waals surface area contributed by atoms with Crippen LogP contribution in [0.5, 0.6) is 0 Å². The monoisotopic (exact) mass is 410 g/mol. The van der Waals surface area contributed by atoms with Crippen molar-refractivity contribution < 1.29 is 27.2 Å². The summed E-state index contributed by atoms with van der Waals surface area (Å²) < 4.78 is 42.3. The summed E-state index contributed by atoms with van der Waals surface area (Å²) in [5.41, 5.74) is 1.30. The third kappa shape index (κ3) is 6.53. The summed E-state index contributed by atoms with van der Waals surface area (Å²) in [6, 6.07) is 9.32. The number of furan rings is 1. The summed E-state index contributed by atoms with van der Waals surface area (Å²) in [7, 11) is 0. The Morgan fingerprint density at radius 1 is 1.21 bits per heavy atom. The van der Waals surface area contributed by atoms with Crippen LogP contribution in [0.25, 0.3) is 0 Å². The largest absolute Gasteiger partial charge is 0.459 e. The van der Waals surface area contributed by atoms with Gasteiger partial charge in [-0.25, -0.2) is 4.79 Å². The molecule has 0 radical (unpaired) electrons. The van der Waals surface area contributed by atoms with Crippen molar-refractivity contribution in [1.29, 1.82) is 0 Å². The van der Waals surface area contributed by atoms with E-state index in [0.29, 0.717) is 18.7 Å². The van der Waals surface area contributed by atoms with Crippen LogP contribution in [-0.4, -0.2) is 48.7 Å². The first kappa shape index (κ1) is 20.7. The van der Waals surface area contributed by atoms with Crippen LogP contribution in [0.4, 0.5) is 23.7 Å². The summed E-state index contributed by atoms with van der Waals surface area (Å²) in [6.45, 7) is -0.304. The SMILES string of the molecule is O=C(NCc1cccc(NC(=O)c2ccco2)c1)NC1CCN(CC(F)(F)F)C1. The molecule has 2 heterocycles. The average Bonchev–Trinajstić information content (AvgIpc) is 3.31. The van der Waals surface area contributed by atoms with E-state index in [1.165, 1.54) is 11.2 Å². The summed E-state index contributed by atoms with van der Waals surface area (Å²) in [5.74, 6) is -0.202. The van der Waals surface area contributed by atoms with Gasteiger partial charge in [-0.2, -0.15) is 13.2 Å². The molecule has 29 heavy (non-hydrogen) atoms. The lowest BCUT2D eigenvalue weighted by Crippen LogP contribution is -2.43. The molecular weight excluding hydrogens is 389 g/mol. The topological polar surface area (TPSA) is 86.6 Å². The minimum atomic E-state index is -4.24. The molecule has 0 spiro atoms. The van der Waals surface area contributed by atoms with Gasteiger partial charge in [-0.3, -0.25) is 9.69 Å². The van der Waals surface area contributed by atoms with Gasteiger partial charge in [0, 0.05) is 31.4 Å². The molecule has 0 bridgehead atoms. The van der Waals surface area contributed by atoms with Gasteiger partial charge in [-0.15, -0.1) is 0 Å². The number of rotatable bonds is 6. The van der Waals surface area contributed by atoms with Crippen LogP contribution in [0.3, 0.4) is 0 Å². The quantitative estimate of drug-likeness (QED) is 0.684. The first-order valence-electron chi connectivity index (χ1n) is 9.06. The molecule has 0 saturated carbocycles. The van der Waals surface area contributed by atoms with Crippen LogP contribution >= 0.6 is 0 Å².